The van der Waals surface area contributed by atoms with Crippen LogP contribution in [0.25, 0.3) is 0 Å². The standard InChI is InChI=1S/C15H13BrFN/c16-14-4-3-12-9-18(10-13(12)7-14)8-11-1-5-15(17)6-2-11/h1-7H,8-10H2. The topological polar surface area (TPSA) is 3.24 Å². The third kappa shape index (κ3) is 2.47. The van der Waals surface area contributed by atoms with Crippen LogP contribution in [0.2, 0.25) is 0 Å². The van der Waals surface area contributed by atoms with Gasteiger partial charge in [-0.15, -0.1) is 0 Å². The van der Waals surface area contributed by atoms with E-state index >= 15 is 0 Å². The summed E-state index contributed by atoms with van der Waals surface area (Å²) in [7, 11) is 0. The molecule has 3 rings (SSSR count). The van der Waals surface area contributed by atoms with Crippen LogP contribution >= 0.6 is 15.9 Å². The Morgan fingerprint density at radius 3 is 2.50 bits per heavy atom. The minimum atomic E-state index is -0.174. The number of halogens is 2. The predicted octanol–water partition coefficient (Wildman–Crippen LogP) is 4.10. The van der Waals surface area contributed by atoms with E-state index in [2.05, 4.69) is 39.0 Å². The van der Waals surface area contributed by atoms with Crippen molar-refractivity contribution in [3.05, 3.63) is 69.4 Å². The van der Waals surface area contributed by atoms with E-state index in [1.165, 1.54) is 23.3 Å². The quantitative estimate of drug-likeness (QED) is 0.807. The maximum absolute atomic E-state index is 12.8. The van der Waals surface area contributed by atoms with Gasteiger partial charge in [-0.3, -0.25) is 4.90 Å². The number of nitrogens with zero attached hydrogens (tertiary/aromatic N) is 1. The van der Waals surface area contributed by atoms with E-state index in [0.717, 1.165) is 29.7 Å². The van der Waals surface area contributed by atoms with Gasteiger partial charge < -0.3 is 0 Å². The Kier molecular flexibility index (Phi) is 3.18. The Morgan fingerprint density at radius 2 is 1.72 bits per heavy atom. The van der Waals surface area contributed by atoms with Crippen molar-refractivity contribution in [2.75, 3.05) is 0 Å². The van der Waals surface area contributed by atoms with Crippen LogP contribution in [0, 0.1) is 5.82 Å². The SMILES string of the molecule is Fc1ccc(CN2Cc3ccc(Br)cc3C2)cc1. The first-order chi connectivity index (χ1) is 8.70. The second kappa shape index (κ2) is 4.82. The van der Waals surface area contributed by atoms with Crippen LogP contribution in [0.3, 0.4) is 0 Å². The molecule has 0 radical (unpaired) electrons. The average Bonchev–Trinajstić information content (AvgIpc) is 2.73. The van der Waals surface area contributed by atoms with Gasteiger partial charge in [0.25, 0.3) is 0 Å². The van der Waals surface area contributed by atoms with Gasteiger partial charge in [0.1, 0.15) is 5.82 Å². The molecular weight excluding hydrogens is 293 g/mol. The lowest BCUT2D eigenvalue weighted by atomic mass is 10.1. The first-order valence-electron chi connectivity index (χ1n) is 5.95. The molecule has 0 amide bonds. The van der Waals surface area contributed by atoms with Crippen LogP contribution in [0.1, 0.15) is 16.7 Å². The number of hydrogen-bond donors (Lipinski definition) is 0. The average molecular weight is 306 g/mol. The molecule has 0 spiro atoms. The molecule has 2 aromatic rings. The molecule has 0 fully saturated rings. The molecule has 0 atom stereocenters. The van der Waals surface area contributed by atoms with Crippen LogP contribution < -0.4 is 0 Å². The van der Waals surface area contributed by atoms with E-state index in [1.54, 1.807) is 0 Å². The fourth-order valence-electron chi connectivity index (χ4n) is 2.39. The summed E-state index contributed by atoms with van der Waals surface area (Å²) in [4.78, 5) is 2.37. The van der Waals surface area contributed by atoms with Crippen molar-refractivity contribution >= 4 is 15.9 Å². The Morgan fingerprint density at radius 1 is 1.00 bits per heavy atom. The molecule has 2 aromatic carbocycles. The minimum Gasteiger partial charge on any atom is -0.291 e. The van der Waals surface area contributed by atoms with Gasteiger partial charge in [0, 0.05) is 24.1 Å². The molecule has 1 nitrogen and oxygen atoms in total. The highest BCUT2D eigenvalue weighted by Gasteiger charge is 2.18. The Balaban J connectivity index is 1.72. The molecule has 0 aromatic heterocycles. The summed E-state index contributed by atoms with van der Waals surface area (Å²) >= 11 is 3.50. The molecule has 0 saturated carbocycles. The van der Waals surface area contributed by atoms with E-state index in [-0.39, 0.29) is 5.82 Å². The zero-order chi connectivity index (χ0) is 12.5. The fraction of sp³-hybridized carbons (Fsp3) is 0.200. The largest absolute Gasteiger partial charge is 0.291 e. The molecule has 1 aliphatic heterocycles. The van der Waals surface area contributed by atoms with Gasteiger partial charge in [0.2, 0.25) is 0 Å². The zero-order valence-electron chi connectivity index (χ0n) is 9.87. The fourth-order valence-corrected chi connectivity index (χ4v) is 2.80. The zero-order valence-corrected chi connectivity index (χ0v) is 11.5. The van der Waals surface area contributed by atoms with Crippen molar-refractivity contribution in [1.82, 2.24) is 4.90 Å². The lowest BCUT2D eigenvalue weighted by Gasteiger charge is -2.14. The summed E-state index contributed by atoms with van der Waals surface area (Å²) in [5.41, 5.74) is 3.93. The number of benzene rings is 2. The van der Waals surface area contributed by atoms with Crippen molar-refractivity contribution in [2.24, 2.45) is 0 Å². The first-order valence-corrected chi connectivity index (χ1v) is 6.74. The maximum atomic E-state index is 12.8. The highest BCUT2D eigenvalue weighted by atomic mass is 79.9. The molecule has 0 aliphatic carbocycles. The molecule has 1 aliphatic rings. The molecule has 18 heavy (non-hydrogen) atoms. The molecule has 0 N–H and O–H groups in total. The van der Waals surface area contributed by atoms with E-state index in [1.807, 2.05) is 12.1 Å². The summed E-state index contributed by atoms with van der Waals surface area (Å²) < 4.78 is 14.0. The summed E-state index contributed by atoms with van der Waals surface area (Å²) in [6.45, 7) is 2.80. The first kappa shape index (κ1) is 11.9. The molecule has 0 unspecified atom stereocenters. The van der Waals surface area contributed by atoms with Crippen molar-refractivity contribution in [2.45, 2.75) is 19.6 Å². The van der Waals surface area contributed by atoms with Crippen molar-refractivity contribution in [1.29, 1.82) is 0 Å². The number of rotatable bonds is 2. The predicted molar refractivity (Wildman–Crippen MR) is 73.5 cm³/mol. The summed E-state index contributed by atoms with van der Waals surface area (Å²) in [5.74, 6) is -0.174. The lowest BCUT2D eigenvalue weighted by molar-refractivity contribution is 0.275. The van der Waals surface area contributed by atoms with E-state index in [4.69, 9.17) is 0 Å². The summed E-state index contributed by atoms with van der Waals surface area (Å²) in [5, 5.41) is 0. The van der Waals surface area contributed by atoms with Crippen LogP contribution in [0.5, 0.6) is 0 Å². The van der Waals surface area contributed by atoms with Gasteiger partial charge in [0.05, 0.1) is 0 Å². The smallest absolute Gasteiger partial charge is 0.123 e. The summed E-state index contributed by atoms with van der Waals surface area (Å²) in [6.07, 6.45) is 0. The second-order valence-electron chi connectivity index (χ2n) is 4.68. The molecule has 92 valence electrons. The highest BCUT2D eigenvalue weighted by molar-refractivity contribution is 9.10. The molecular formula is C15H13BrFN. The Bertz CT molecular complexity index is 565. The second-order valence-corrected chi connectivity index (χ2v) is 5.60. The van der Waals surface area contributed by atoms with Crippen LogP contribution in [-0.4, -0.2) is 4.90 Å². The normalized spacial score (nSPS) is 14.8. The van der Waals surface area contributed by atoms with E-state index in [9.17, 15) is 4.39 Å². The molecule has 1 heterocycles. The molecule has 0 saturated heterocycles. The van der Waals surface area contributed by atoms with Crippen LogP contribution in [-0.2, 0) is 19.6 Å². The van der Waals surface area contributed by atoms with Crippen molar-refractivity contribution in [3.63, 3.8) is 0 Å². The van der Waals surface area contributed by atoms with Gasteiger partial charge >= 0.3 is 0 Å². The number of fused-ring (bicyclic) bond motifs is 1. The Labute approximate surface area is 114 Å². The van der Waals surface area contributed by atoms with E-state index < -0.39 is 0 Å². The Hall–Kier alpha value is -1.19. The molecule has 0 bridgehead atoms. The number of hydrogen-bond acceptors (Lipinski definition) is 1. The highest BCUT2D eigenvalue weighted by Crippen LogP contribution is 2.27. The third-order valence-electron chi connectivity index (χ3n) is 3.28. The van der Waals surface area contributed by atoms with Crippen LogP contribution in [0.4, 0.5) is 4.39 Å². The van der Waals surface area contributed by atoms with Gasteiger partial charge in [0.15, 0.2) is 0 Å². The monoisotopic (exact) mass is 305 g/mol. The molecule has 3 heteroatoms. The lowest BCUT2D eigenvalue weighted by Crippen LogP contribution is -2.15. The maximum Gasteiger partial charge on any atom is 0.123 e. The van der Waals surface area contributed by atoms with Gasteiger partial charge in [-0.05, 0) is 41.0 Å². The van der Waals surface area contributed by atoms with Crippen LogP contribution in [0.15, 0.2) is 46.9 Å². The van der Waals surface area contributed by atoms with Gasteiger partial charge in [-0.1, -0.05) is 34.1 Å². The van der Waals surface area contributed by atoms with Gasteiger partial charge in [-0.25, -0.2) is 4.39 Å². The van der Waals surface area contributed by atoms with Crippen molar-refractivity contribution < 1.29 is 4.39 Å². The minimum absolute atomic E-state index is 0.174. The third-order valence-corrected chi connectivity index (χ3v) is 3.77. The summed E-state index contributed by atoms with van der Waals surface area (Å²) in [6, 6.07) is 13.2. The van der Waals surface area contributed by atoms with Crippen molar-refractivity contribution in [3.8, 4) is 0 Å². The van der Waals surface area contributed by atoms with E-state index in [0.29, 0.717) is 0 Å². The van der Waals surface area contributed by atoms with Gasteiger partial charge in [-0.2, -0.15) is 0 Å².